The van der Waals surface area contributed by atoms with Crippen LogP contribution in [-0.2, 0) is 65.4 Å². The maximum Gasteiger partial charge on any atom is 0.472 e. The van der Waals surface area contributed by atoms with E-state index in [1.165, 1.54) is 128 Å². The molecule has 0 aliphatic carbocycles. The minimum absolute atomic E-state index is 0.105. The number of ether oxygens (including phenoxy) is 4. The first-order valence-electron chi connectivity index (χ1n) is 34.3. The van der Waals surface area contributed by atoms with Crippen LogP contribution in [0.2, 0.25) is 0 Å². The molecule has 3 N–H and O–H groups in total. The lowest BCUT2D eigenvalue weighted by atomic mass is 10.0. The second-order valence-corrected chi connectivity index (χ2v) is 28.2. The van der Waals surface area contributed by atoms with Gasteiger partial charge in [-0.05, 0) is 43.4 Å². The molecule has 0 spiro atoms. The van der Waals surface area contributed by atoms with Gasteiger partial charge in [0.15, 0.2) is 12.2 Å². The topological polar surface area (TPSA) is 237 Å². The van der Waals surface area contributed by atoms with Gasteiger partial charge in [-0.2, -0.15) is 0 Å². The SMILES string of the molecule is CCCCCCCCCCCCC(=O)O[C@H](COC(=O)CCCCCCCCC(C)C)COP(=O)(O)OC[C@H](O)COP(=O)(O)OC[C@@H](COC(=O)CCCCCCCCCCCC(C)C)OC(=O)CCCCCCCCCCCCCC(C)C. The summed E-state index contributed by atoms with van der Waals surface area (Å²) in [4.78, 5) is 72.3. The van der Waals surface area contributed by atoms with Crippen LogP contribution in [0, 0.1) is 17.8 Å². The predicted octanol–water partition coefficient (Wildman–Crippen LogP) is 18.3. The van der Waals surface area contributed by atoms with Crippen LogP contribution in [0.4, 0.5) is 0 Å². The molecule has 19 heteroatoms. The highest BCUT2D eigenvalue weighted by atomic mass is 31.2. The summed E-state index contributed by atoms with van der Waals surface area (Å²) < 4.78 is 68.1. The van der Waals surface area contributed by atoms with Crippen LogP contribution in [0.25, 0.3) is 0 Å². The molecule has 2 unspecified atom stereocenters. The molecule has 0 rings (SSSR count). The van der Waals surface area contributed by atoms with Crippen molar-refractivity contribution >= 4 is 39.5 Å². The van der Waals surface area contributed by atoms with Gasteiger partial charge in [0.2, 0.25) is 0 Å². The summed E-state index contributed by atoms with van der Waals surface area (Å²) in [5, 5.41) is 10.5. The molecular weight excluding hydrogens is 1130 g/mol. The van der Waals surface area contributed by atoms with E-state index in [1.54, 1.807) is 0 Å². The second-order valence-electron chi connectivity index (χ2n) is 25.3. The Hall–Kier alpha value is -1.94. The summed E-state index contributed by atoms with van der Waals surface area (Å²) in [5.74, 6) is 0.0549. The Morgan fingerprint density at radius 1 is 0.318 bits per heavy atom. The number of rotatable bonds is 64. The number of unbranched alkanes of at least 4 members (excludes halogenated alkanes) is 32. The number of aliphatic hydroxyl groups excluding tert-OH is 1. The molecule has 0 radical (unpaired) electrons. The molecule has 0 heterocycles. The number of phosphoric ester groups is 2. The number of phosphoric acid groups is 2. The lowest BCUT2D eigenvalue weighted by molar-refractivity contribution is -0.161. The average molecular weight is 1260 g/mol. The lowest BCUT2D eigenvalue weighted by Crippen LogP contribution is -2.30. The lowest BCUT2D eigenvalue weighted by Gasteiger charge is -2.21. The Kier molecular flexibility index (Phi) is 55.9. The van der Waals surface area contributed by atoms with Gasteiger partial charge >= 0.3 is 39.5 Å². The minimum atomic E-state index is -4.95. The Morgan fingerprint density at radius 2 is 0.541 bits per heavy atom. The third-order valence-corrected chi connectivity index (χ3v) is 17.0. The standard InChI is InChI=1S/C66H128O17P2/c1-8-9-10-11-12-13-20-26-35-42-49-65(70)83-62(54-77-64(69)48-41-34-29-28-32-39-46-59(6)7)56-81-85(74,75)79-52-60(67)51-78-84(72,73)80-55-61(53-76-63(68)47-40-33-25-22-17-19-24-31-38-45-58(4)5)82-66(71)50-43-36-27-21-16-14-15-18-23-30-37-44-57(2)3/h57-62,67H,8-56H2,1-7H3,(H,72,73)(H,74,75)/t60-,61-,62-/m1/s1. The first-order valence-corrected chi connectivity index (χ1v) is 37.3. The van der Waals surface area contributed by atoms with Gasteiger partial charge in [-0.1, -0.05) is 273 Å². The molecule has 0 aliphatic heterocycles. The Labute approximate surface area is 517 Å². The van der Waals surface area contributed by atoms with E-state index in [9.17, 15) is 43.2 Å². The number of aliphatic hydroxyl groups is 1. The van der Waals surface area contributed by atoms with Crippen molar-refractivity contribution in [3.63, 3.8) is 0 Å². The van der Waals surface area contributed by atoms with Crippen molar-refractivity contribution in [2.45, 2.75) is 343 Å². The van der Waals surface area contributed by atoms with Gasteiger partial charge in [-0.15, -0.1) is 0 Å². The summed E-state index contributed by atoms with van der Waals surface area (Å²) in [6.07, 6.45) is 39.0. The van der Waals surface area contributed by atoms with Gasteiger partial charge in [0.25, 0.3) is 0 Å². The average Bonchev–Trinajstić information content (AvgIpc) is 3.63. The molecule has 85 heavy (non-hydrogen) atoms. The van der Waals surface area contributed by atoms with E-state index in [1.807, 2.05) is 0 Å². The van der Waals surface area contributed by atoms with Gasteiger partial charge in [0.05, 0.1) is 26.4 Å². The highest BCUT2D eigenvalue weighted by Gasteiger charge is 2.30. The molecule has 0 bridgehead atoms. The molecule has 0 fully saturated rings. The van der Waals surface area contributed by atoms with E-state index in [2.05, 4.69) is 48.5 Å². The van der Waals surface area contributed by atoms with Crippen molar-refractivity contribution < 1.29 is 80.2 Å². The Morgan fingerprint density at radius 3 is 0.800 bits per heavy atom. The number of esters is 4. The van der Waals surface area contributed by atoms with E-state index < -0.39 is 97.5 Å². The van der Waals surface area contributed by atoms with Gasteiger partial charge in [0, 0.05) is 25.7 Å². The zero-order valence-electron chi connectivity index (χ0n) is 55.1. The summed E-state index contributed by atoms with van der Waals surface area (Å²) in [5.41, 5.74) is 0. The van der Waals surface area contributed by atoms with Crippen molar-refractivity contribution in [2.24, 2.45) is 17.8 Å². The Balaban J connectivity index is 5.24. The largest absolute Gasteiger partial charge is 0.472 e. The molecule has 5 atom stereocenters. The predicted molar refractivity (Wildman–Crippen MR) is 340 cm³/mol. The first kappa shape index (κ1) is 83.1. The van der Waals surface area contributed by atoms with Gasteiger partial charge < -0.3 is 33.8 Å². The van der Waals surface area contributed by atoms with Crippen molar-refractivity contribution in [2.75, 3.05) is 39.6 Å². The quantitative estimate of drug-likeness (QED) is 0.0222. The molecule has 504 valence electrons. The minimum Gasteiger partial charge on any atom is -0.462 e. The van der Waals surface area contributed by atoms with E-state index in [-0.39, 0.29) is 25.7 Å². The zero-order valence-corrected chi connectivity index (χ0v) is 56.9. The maximum atomic E-state index is 13.0. The first-order chi connectivity index (χ1) is 40.7. The van der Waals surface area contributed by atoms with Crippen molar-refractivity contribution in [3.05, 3.63) is 0 Å². The maximum absolute atomic E-state index is 13.0. The normalized spacial score (nSPS) is 14.3. The van der Waals surface area contributed by atoms with Crippen molar-refractivity contribution in [3.8, 4) is 0 Å². The van der Waals surface area contributed by atoms with Crippen molar-refractivity contribution in [1.82, 2.24) is 0 Å². The highest BCUT2D eigenvalue weighted by molar-refractivity contribution is 7.47. The molecule has 0 amide bonds. The smallest absolute Gasteiger partial charge is 0.462 e. The number of hydrogen-bond acceptors (Lipinski definition) is 15. The fourth-order valence-electron chi connectivity index (χ4n) is 9.83. The van der Waals surface area contributed by atoms with Gasteiger partial charge in [0.1, 0.15) is 19.3 Å². The van der Waals surface area contributed by atoms with Crippen LogP contribution in [0.3, 0.4) is 0 Å². The highest BCUT2D eigenvalue weighted by Crippen LogP contribution is 2.45. The number of carbonyl (C=O) groups is 4. The van der Waals surface area contributed by atoms with E-state index in [4.69, 9.17) is 37.0 Å². The Bertz CT molecular complexity index is 1680. The van der Waals surface area contributed by atoms with Crippen LogP contribution < -0.4 is 0 Å². The third-order valence-electron chi connectivity index (χ3n) is 15.1. The second kappa shape index (κ2) is 57.2. The fourth-order valence-corrected chi connectivity index (χ4v) is 11.4. The molecule has 0 aromatic heterocycles. The number of carbonyl (C=O) groups excluding carboxylic acids is 4. The molecule has 0 saturated heterocycles. The molecule has 0 saturated carbocycles. The summed E-state index contributed by atoms with van der Waals surface area (Å²) in [6, 6.07) is 0. The molecule has 0 aromatic rings. The van der Waals surface area contributed by atoms with Crippen LogP contribution in [-0.4, -0.2) is 96.7 Å². The molecule has 17 nitrogen and oxygen atoms in total. The summed E-state index contributed by atoms with van der Waals surface area (Å²) in [6.45, 7) is 11.7. The molecule has 0 aromatic carbocycles. The molecular formula is C66H128O17P2. The monoisotopic (exact) mass is 1250 g/mol. The van der Waals surface area contributed by atoms with Crippen LogP contribution in [0.1, 0.15) is 325 Å². The third kappa shape index (κ3) is 60.7. The van der Waals surface area contributed by atoms with E-state index >= 15 is 0 Å². The van der Waals surface area contributed by atoms with Crippen LogP contribution in [0.15, 0.2) is 0 Å². The zero-order chi connectivity index (χ0) is 63.1. The fraction of sp³-hybridized carbons (Fsp3) is 0.939. The van der Waals surface area contributed by atoms with Crippen LogP contribution in [0.5, 0.6) is 0 Å². The van der Waals surface area contributed by atoms with Gasteiger partial charge in [-0.25, -0.2) is 9.13 Å². The number of hydrogen-bond donors (Lipinski definition) is 3. The molecule has 0 aliphatic rings. The van der Waals surface area contributed by atoms with Crippen molar-refractivity contribution in [1.29, 1.82) is 0 Å². The van der Waals surface area contributed by atoms with Gasteiger partial charge in [-0.3, -0.25) is 37.3 Å². The summed E-state index contributed by atoms with van der Waals surface area (Å²) in [7, 11) is -9.89. The van der Waals surface area contributed by atoms with Crippen LogP contribution >= 0.6 is 15.6 Å². The van der Waals surface area contributed by atoms with E-state index in [0.29, 0.717) is 31.6 Å². The van der Waals surface area contributed by atoms with E-state index in [0.717, 1.165) is 108 Å². The summed E-state index contributed by atoms with van der Waals surface area (Å²) >= 11 is 0.